The van der Waals surface area contributed by atoms with Gasteiger partial charge < -0.3 is 10.2 Å². The van der Waals surface area contributed by atoms with Gasteiger partial charge >= 0.3 is 0 Å². The van der Waals surface area contributed by atoms with E-state index in [1.54, 1.807) is 11.0 Å². The van der Waals surface area contributed by atoms with Crippen molar-refractivity contribution in [3.8, 4) is 0 Å². The highest BCUT2D eigenvalue weighted by Gasteiger charge is 2.20. The second-order valence-electron chi connectivity index (χ2n) is 3.90. The van der Waals surface area contributed by atoms with Crippen molar-refractivity contribution in [3.05, 3.63) is 33.4 Å². The molecule has 0 aromatic heterocycles. The topological polar surface area (TPSA) is 49.4 Å². The maximum absolute atomic E-state index is 11.8. The Morgan fingerprint density at radius 3 is 2.59 bits per heavy atom. The van der Waals surface area contributed by atoms with Gasteiger partial charge in [0.1, 0.15) is 0 Å². The zero-order valence-electron chi connectivity index (χ0n) is 9.28. The summed E-state index contributed by atoms with van der Waals surface area (Å²) in [5.41, 5.74) is 0.615. The van der Waals surface area contributed by atoms with Gasteiger partial charge in [0.2, 0.25) is 5.91 Å². The molecule has 0 saturated carbocycles. The summed E-state index contributed by atoms with van der Waals surface area (Å²) in [5.74, 6) is -0.195. The van der Waals surface area contributed by atoms with Crippen molar-refractivity contribution in [2.75, 3.05) is 19.6 Å². The molecule has 4 nitrogen and oxygen atoms in total. The highest BCUT2D eigenvalue weighted by molar-refractivity contribution is 14.1. The summed E-state index contributed by atoms with van der Waals surface area (Å²) in [4.78, 5) is 25.1. The SMILES string of the molecule is O=C(NCC(=O)N1CCC1)c1ccccc1I. The van der Waals surface area contributed by atoms with E-state index in [2.05, 4.69) is 27.9 Å². The van der Waals surface area contributed by atoms with Crippen LogP contribution in [0.5, 0.6) is 0 Å². The second-order valence-corrected chi connectivity index (χ2v) is 5.06. The summed E-state index contributed by atoms with van der Waals surface area (Å²) in [6.07, 6.45) is 1.07. The first-order valence-electron chi connectivity index (χ1n) is 5.49. The van der Waals surface area contributed by atoms with Gasteiger partial charge in [-0.15, -0.1) is 0 Å². The van der Waals surface area contributed by atoms with E-state index in [0.29, 0.717) is 5.56 Å². The number of rotatable bonds is 3. The molecule has 0 bridgehead atoms. The number of benzene rings is 1. The molecule has 1 aliphatic rings. The Kier molecular flexibility index (Phi) is 3.98. The standard InChI is InChI=1S/C12H13IN2O2/c13-10-5-2-1-4-9(10)12(17)14-8-11(16)15-6-3-7-15/h1-2,4-5H,3,6-8H2,(H,14,17). The van der Waals surface area contributed by atoms with Crippen molar-refractivity contribution in [3.63, 3.8) is 0 Å². The van der Waals surface area contributed by atoms with Crippen molar-refractivity contribution in [1.82, 2.24) is 10.2 Å². The number of likely N-dealkylation sites (tertiary alicyclic amines) is 1. The van der Waals surface area contributed by atoms with Crippen LogP contribution in [-0.4, -0.2) is 36.3 Å². The van der Waals surface area contributed by atoms with Crippen molar-refractivity contribution in [2.45, 2.75) is 6.42 Å². The lowest BCUT2D eigenvalue weighted by Gasteiger charge is -2.30. The lowest BCUT2D eigenvalue weighted by atomic mass is 10.2. The van der Waals surface area contributed by atoms with Crippen molar-refractivity contribution >= 4 is 34.4 Å². The Morgan fingerprint density at radius 2 is 2.00 bits per heavy atom. The molecule has 0 atom stereocenters. The number of carbonyl (C=O) groups is 2. The summed E-state index contributed by atoms with van der Waals surface area (Å²) >= 11 is 2.11. The highest BCUT2D eigenvalue weighted by Crippen LogP contribution is 2.11. The fraction of sp³-hybridized carbons (Fsp3) is 0.333. The predicted molar refractivity (Wildman–Crippen MR) is 72.7 cm³/mol. The van der Waals surface area contributed by atoms with Crippen LogP contribution in [0, 0.1) is 3.57 Å². The molecule has 2 amide bonds. The number of carbonyl (C=O) groups excluding carboxylic acids is 2. The van der Waals surface area contributed by atoms with Crippen LogP contribution in [0.3, 0.4) is 0 Å². The van der Waals surface area contributed by atoms with Gasteiger partial charge in [-0.05, 0) is 41.1 Å². The van der Waals surface area contributed by atoms with Crippen LogP contribution in [0.1, 0.15) is 16.8 Å². The molecule has 17 heavy (non-hydrogen) atoms. The third-order valence-electron chi connectivity index (χ3n) is 2.73. The second kappa shape index (κ2) is 5.48. The Morgan fingerprint density at radius 1 is 1.29 bits per heavy atom. The summed E-state index contributed by atoms with van der Waals surface area (Å²) in [7, 11) is 0. The van der Waals surface area contributed by atoms with Crippen LogP contribution in [0.15, 0.2) is 24.3 Å². The predicted octanol–water partition coefficient (Wildman–Crippen LogP) is 1.25. The largest absolute Gasteiger partial charge is 0.343 e. The van der Waals surface area contributed by atoms with E-state index >= 15 is 0 Å². The van der Waals surface area contributed by atoms with E-state index in [4.69, 9.17) is 0 Å². The monoisotopic (exact) mass is 344 g/mol. The fourth-order valence-electron chi connectivity index (χ4n) is 1.57. The normalized spacial score (nSPS) is 14.1. The molecule has 0 unspecified atom stereocenters. The van der Waals surface area contributed by atoms with Crippen molar-refractivity contribution < 1.29 is 9.59 Å². The quantitative estimate of drug-likeness (QED) is 0.840. The van der Waals surface area contributed by atoms with E-state index in [9.17, 15) is 9.59 Å². The Labute approximate surface area is 114 Å². The third-order valence-corrected chi connectivity index (χ3v) is 3.67. The Bertz CT molecular complexity index is 444. The first-order valence-corrected chi connectivity index (χ1v) is 6.57. The Hall–Kier alpha value is -1.11. The van der Waals surface area contributed by atoms with E-state index in [0.717, 1.165) is 23.1 Å². The van der Waals surface area contributed by atoms with E-state index in [1.165, 1.54) is 0 Å². The molecular weight excluding hydrogens is 331 g/mol. The molecule has 0 spiro atoms. The smallest absolute Gasteiger partial charge is 0.252 e. The number of amides is 2. The van der Waals surface area contributed by atoms with Crippen molar-refractivity contribution in [1.29, 1.82) is 0 Å². The minimum absolute atomic E-state index is 0.00413. The average molecular weight is 344 g/mol. The number of hydrogen-bond donors (Lipinski definition) is 1. The van der Waals surface area contributed by atoms with Crippen LogP contribution >= 0.6 is 22.6 Å². The maximum atomic E-state index is 11.8. The lowest BCUT2D eigenvalue weighted by Crippen LogP contribution is -2.47. The number of halogens is 1. The first kappa shape index (κ1) is 12.3. The van der Waals surface area contributed by atoms with Crippen LogP contribution in [0.4, 0.5) is 0 Å². The van der Waals surface area contributed by atoms with Gasteiger partial charge in [0.05, 0.1) is 12.1 Å². The molecule has 1 N–H and O–H groups in total. The molecular formula is C12H13IN2O2. The zero-order valence-corrected chi connectivity index (χ0v) is 11.4. The number of nitrogens with zero attached hydrogens (tertiary/aromatic N) is 1. The molecule has 1 fully saturated rings. The van der Waals surface area contributed by atoms with Gasteiger partial charge in [0.25, 0.3) is 5.91 Å². The van der Waals surface area contributed by atoms with Crippen LogP contribution < -0.4 is 5.32 Å². The van der Waals surface area contributed by atoms with Gasteiger partial charge in [0.15, 0.2) is 0 Å². The molecule has 0 aliphatic carbocycles. The van der Waals surface area contributed by atoms with Gasteiger partial charge in [-0.3, -0.25) is 9.59 Å². The highest BCUT2D eigenvalue weighted by atomic mass is 127. The van der Waals surface area contributed by atoms with Gasteiger partial charge in [-0.2, -0.15) is 0 Å². The molecule has 1 aromatic rings. The maximum Gasteiger partial charge on any atom is 0.252 e. The summed E-state index contributed by atoms with van der Waals surface area (Å²) in [5, 5.41) is 2.65. The first-order chi connectivity index (χ1) is 8.18. The van der Waals surface area contributed by atoms with E-state index in [-0.39, 0.29) is 18.4 Å². The molecule has 2 rings (SSSR count). The minimum atomic E-state index is -0.191. The number of nitrogens with one attached hydrogen (secondary N) is 1. The molecule has 90 valence electrons. The average Bonchev–Trinajstić information content (AvgIpc) is 2.24. The Balaban J connectivity index is 1.89. The molecule has 1 heterocycles. The van der Waals surface area contributed by atoms with Crippen LogP contribution in [-0.2, 0) is 4.79 Å². The van der Waals surface area contributed by atoms with E-state index in [1.807, 2.05) is 18.2 Å². The van der Waals surface area contributed by atoms with Gasteiger partial charge in [-0.1, -0.05) is 12.1 Å². The van der Waals surface area contributed by atoms with Crippen LogP contribution in [0.2, 0.25) is 0 Å². The number of hydrogen-bond acceptors (Lipinski definition) is 2. The fourth-order valence-corrected chi connectivity index (χ4v) is 2.21. The molecule has 1 aliphatic heterocycles. The van der Waals surface area contributed by atoms with Gasteiger partial charge in [-0.25, -0.2) is 0 Å². The molecule has 1 saturated heterocycles. The molecule has 0 radical (unpaired) electrons. The lowest BCUT2D eigenvalue weighted by molar-refractivity contribution is -0.133. The van der Waals surface area contributed by atoms with E-state index < -0.39 is 0 Å². The van der Waals surface area contributed by atoms with Gasteiger partial charge in [0, 0.05) is 16.7 Å². The molecule has 5 heteroatoms. The van der Waals surface area contributed by atoms with Crippen molar-refractivity contribution in [2.24, 2.45) is 0 Å². The molecule has 1 aromatic carbocycles. The third kappa shape index (κ3) is 2.96. The summed E-state index contributed by atoms with van der Waals surface area (Å²) < 4.78 is 0.888. The summed E-state index contributed by atoms with van der Waals surface area (Å²) in [6.45, 7) is 1.72. The van der Waals surface area contributed by atoms with Crippen LogP contribution in [0.25, 0.3) is 0 Å². The minimum Gasteiger partial charge on any atom is -0.343 e. The summed E-state index contributed by atoms with van der Waals surface area (Å²) in [6, 6.07) is 7.32. The zero-order chi connectivity index (χ0) is 12.3.